The molecule has 0 aromatic heterocycles. The number of benzene rings is 2. The van der Waals surface area contributed by atoms with Crippen molar-refractivity contribution in [3.63, 3.8) is 0 Å². The van der Waals surface area contributed by atoms with E-state index in [0.29, 0.717) is 11.1 Å². The zero-order valence-corrected chi connectivity index (χ0v) is 15.8. The van der Waals surface area contributed by atoms with Crippen molar-refractivity contribution in [3.8, 4) is 11.5 Å². The van der Waals surface area contributed by atoms with Crippen LogP contribution in [0.1, 0.15) is 11.1 Å². The van der Waals surface area contributed by atoms with Gasteiger partial charge in [0.25, 0.3) is 0 Å². The van der Waals surface area contributed by atoms with Gasteiger partial charge in [0.1, 0.15) is 11.5 Å². The molecule has 0 saturated heterocycles. The van der Waals surface area contributed by atoms with Gasteiger partial charge in [-0.2, -0.15) is 0 Å². The Morgan fingerprint density at radius 3 is 1.50 bits per heavy atom. The van der Waals surface area contributed by atoms with E-state index in [1.54, 1.807) is 48.6 Å². The number of phosphoric acid groups is 2. The first kappa shape index (κ1) is 20.4. The molecule has 0 aliphatic carbocycles. The fourth-order valence-corrected chi connectivity index (χ4v) is 2.79. The summed E-state index contributed by atoms with van der Waals surface area (Å²) in [5.41, 5.74) is 1.41. The number of phosphoric ester groups is 2. The molecule has 2 aromatic carbocycles. The Hall–Kier alpha value is -1.92. The maximum atomic E-state index is 11.4. The molecule has 10 heteroatoms. The van der Waals surface area contributed by atoms with Gasteiger partial charge >= 0.3 is 15.6 Å². The van der Waals surface area contributed by atoms with E-state index in [9.17, 15) is 18.9 Å². The predicted octanol–water partition coefficient (Wildman–Crippen LogP) is 4.11. The van der Waals surface area contributed by atoms with Crippen LogP contribution in [0.2, 0.25) is 0 Å². The summed E-state index contributed by atoms with van der Waals surface area (Å²) in [4.78, 5) is 18.7. The minimum absolute atomic E-state index is 0.179. The number of rotatable bonds is 8. The van der Waals surface area contributed by atoms with Crippen molar-refractivity contribution in [1.29, 1.82) is 0 Å². The second-order valence-corrected chi connectivity index (χ2v) is 7.93. The summed E-state index contributed by atoms with van der Waals surface area (Å²) < 4.78 is 41.4. The molecule has 2 unspecified atom stereocenters. The molecule has 0 radical (unpaired) electrons. The molecule has 0 fully saturated rings. The molecule has 0 amide bonds. The van der Waals surface area contributed by atoms with Gasteiger partial charge in [0.2, 0.25) is 0 Å². The third-order valence-corrected chi connectivity index (χ3v) is 4.89. The van der Waals surface area contributed by atoms with Gasteiger partial charge in [0.05, 0.1) is 0 Å². The topological polar surface area (TPSA) is 112 Å². The van der Waals surface area contributed by atoms with Crippen LogP contribution in [0.25, 0.3) is 12.2 Å². The third kappa shape index (κ3) is 6.42. The van der Waals surface area contributed by atoms with Crippen molar-refractivity contribution in [1.82, 2.24) is 0 Å². The Labute approximate surface area is 150 Å². The SMILES string of the molecule is COP(=O)(O)Oc1cccc(C=Cc2cccc(OP(=O)(O)OC)c2)c1. The molecule has 2 rings (SSSR count). The van der Waals surface area contributed by atoms with Crippen LogP contribution in [0.3, 0.4) is 0 Å². The van der Waals surface area contributed by atoms with Gasteiger partial charge in [-0.3, -0.25) is 18.8 Å². The monoisotopic (exact) mass is 400 g/mol. The van der Waals surface area contributed by atoms with E-state index in [1.807, 2.05) is 0 Å². The Balaban J connectivity index is 2.15. The molecule has 0 bridgehead atoms. The highest BCUT2D eigenvalue weighted by molar-refractivity contribution is 7.48. The van der Waals surface area contributed by atoms with Gasteiger partial charge in [-0.25, -0.2) is 9.13 Å². The summed E-state index contributed by atoms with van der Waals surface area (Å²) in [6.07, 6.45) is 3.46. The fourth-order valence-electron chi connectivity index (χ4n) is 1.88. The minimum Gasteiger partial charge on any atom is -0.404 e. The molecule has 26 heavy (non-hydrogen) atoms. The summed E-state index contributed by atoms with van der Waals surface area (Å²) in [5, 5.41) is 0. The lowest BCUT2D eigenvalue weighted by atomic mass is 10.1. The predicted molar refractivity (Wildman–Crippen MR) is 96.7 cm³/mol. The zero-order chi connectivity index (χ0) is 19.2. The van der Waals surface area contributed by atoms with Crippen molar-refractivity contribution >= 4 is 27.8 Å². The van der Waals surface area contributed by atoms with Crippen LogP contribution in [0.5, 0.6) is 11.5 Å². The second-order valence-electron chi connectivity index (χ2n) is 4.96. The normalized spacial score (nSPS) is 16.0. The van der Waals surface area contributed by atoms with Gasteiger partial charge < -0.3 is 9.05 Å². The highest BCUT2D eigenvalue weighted by Crippen LogP contribution is 2.43. The van der Waals surface area contributed by atoms with Crippen molar-refractivity contribution < 1.29 is 37.0 Å². The van der Waals surface area contributed by atoms with E-state index >= 15 is 0 Å². The molecule has 0 aliphatic rings. The maximum Gasteiger partial charge on any atom is 0.527 e. The number of hydrogen-bond acceptors (Lipinski definition) is 6. The molecule has 140 valence electrons. The smallest absolute Gasteiger partial charge is 0.404 e. The molecular formula is C16H18O8P2. The first-order chi connectivity index (χ1) is 12.2. The van der Waals surface area contributed by atoms with E-state index in [1.165, 1.54) is 12.1 Å². The number of hydrogen-bond donors (Lipinski definition) is 2. The van der Waals surface area contributed by atoms with Crippen molar-refractivity contribution in [2.75, 3.05) is 14.2 Å². The molecule has 8 nitrogen and oxygen atoms in total. The molecule has 2 atom stereocenters. The van der Waals surface area contributed by atoms with Crippen molar-refractivity contribution in [2.24, 2.45) is 0 Å². The van der Waals surface area contributed by atoms with E-state index in [0.717, 1.165) is 14.2 Å². The molecule has 0 heterocycles. The third-order valence-electron chi connectivity index (χ3n) is 3.09. The van der Waals surface area contributed by atoms with E-state index in [4.69, 9.17) is 9.05 Å². The van der Waals surface area contributed by atoms with E-state index in [2.05, 4.69) is 9.05 Å². The molecule has 2 N–H and O–H groups in total. The highest BCUT2D eigenvalue weighted by atomic mass is 31.2. The zero-order valence-electron chi connectivity index (χ0n) is 14.0. The summed E-state index contributed by atoms with van der Waals surface area (Å²) in [6.45, 7) is 0. The Morgan fingerprint density at radius 1 is 0.769 bits per heavy atom. The second kappa shape index (κ2) is 8.64. The van der Waals surface area contributed by atoms with Gasteiger partial charge in [0, 0.05) is 14.2 Å². The largest absolute Gasteiger partial charge is 0.527 e. The van der Waals surface area contributed by atoms with Gasteiger partial charge in [-0.05, 0) is 35.4 Å². The Kier molecular flexibility index (Phi) is 6.78. The first-order valence-electron chi connectivity index (χ1n) is 7.27. The lowest BCUT2D eigenvalue weighted by Gasteiger charge is -2.11. The summed E-state index contributed by atoms with van der Waals surface area (Å²) in [7, 11) is -6.09. The van der Waals surface area contributed by atoms with Crippen LogP contribution in [0.4, 0.5) is 0 Å². The molecule has 0 aliphatic heterocycles. The molecular weight excluding hydrogens is 382 g/mol. The van der Waals surface area contributed by atoms with Gasteiger partial charge in [0.15, 0.2) is 0 Å². The van der Waals surface area contributed by atoms with Crippen LogP contribution < -0.4 is 9.05 Å². The van der Waals surface area contributed by atoms with Crippen LogP contribution in [-0.2, 0) is 18.2 Å². The van der Waals surface area contributed by atoms with Crippen LogP contribution in [-0.4, -0.2) is 24.0 Å². The highest BCUT2D eigenvalue weighted by Gasteiger charge is 2.21. The van der Waals surface area contributed by atoms with Gasteiger partial charge in [-0.15, -0.1) is 0 Å². The van der Waals surface area contributed by atoms with Gasteiger partial charge in [-0.1, -0.05) is 36.4 Å². The quantitative estimate of drug-likeness (QED) is 0.503. The minimum atomic E-state index is -4.12. The lowest BCUT2D eigenvalue weighted by Crippen LogP contribution is -1.94. The summed E-state index contributed by atoms with van der Waals surface area (Å²) in [5.74, 6) is 0.358. The van der Waals surface area contributed by atoms with Crippen LogP contribution >= 0.6 is 15.6 Å². The first-order valence-corrected chi connectivity index (χ1v) is 10.3. The standard InChI is InChI=1S/C16H18O8P2/c1-21-25(17,18)23-15-7-3-5-13(11-15)9-10-14-6-4-8-16(12-14)24-26(19,20)22-2/h3-12H,1-2H3,(H,17,18)(H,19,20). The average Bonchev–Trinajstić information content (AvgIpc) is 2.60. The fraction of sp³-hybridized carbons (Fsp3) is 0.125. The summed E-state index contributed by atoms with van der Waals surface area (Å²) >= 11 is 0. The van der Waals surface area contributed by atoms with Crippen LogP contribution in [0, 0.1) is 0 Å². The van der Waals surface area contributed by atoms with Crippen molar-refractivity contribution in [2.45, 2.75) is 0 Å². The average molecular weight is 400 g/mol. The van der Waals surface area contributed by atoms with E-state index < -0.39 is 15.6 Å². The Bertz CT molecular complexity index is 809. The van der Waals surface area contributed by atoms with Crippen LogP contribution in [0.15, 0.2) is 48.5 Å². The lowest BCUT2D eigenvalue weighted by molar-refractivity contribution is 0.241. The summed E-state index contributed by atoms with van der Waals surface area (Å²) in [6, 6.07) is 13.0. The molecule has 0 saturated carbocycles. The maximum absolute atomic E-state index is 11.4. The molecule has 2 aromatic rings. The van der Waals surface area contributed by atoms with Crippen molar-refractivity contribution in [3.05, 3.63) is 59.7 Å². The Morgan fingerprint density at radius 2 is 1.15 bits per heavy atom. The molecule has 0 spiro atoms. The van der Waals surface area contributed by atoms with E-state index in [-0.39, 0.29) is 11.5 Å².